The third-order valence-corrected chi connectivity index (χ3v) is 8.56. The van der Waals surface area contributed by atoms with E-state index in [4.69, 9.17) is 16.3 Å². The van der Waals surface area contributed by atoms with Crippen LogP contribution in [-0.2, 0) is 4.74 Å². The molecule has 0 spiro atoms. The van der Waals surface area contributed by atoms with Crippen LogP contribution in [-0.4, -0.2) is 72.8 Å². The summed E-state index contributed by atoms with van der Waals surface area (Å²) >= 11 is 8.42. The Labute approximate surface area is 263 Å². The van der Waals surface area contributed by atoms with Gasteiger partial charge in [0.05, 0.1) is 39.2 Å². The van der Waals surface area contributed by atoms with E-state index in [1.807, 2.05) is 19.9 Å². The summed E-state index contributed by atoms with van der Waals surface area (Å²) in [6.07, 6.45) is 2.96. The van der Waals surface area contributed by atoms with Crippen LogP contribution in [0.25, 0.3) is 16.6 Å². The number of aromatic nitrogens is 2. The molecule has 14 heteroatoms. The Hall–Kier alpha value is -3.62. The molecule has 43 heavy (non-hydrogen) atoms. The van der Waals surface area contributed by atoms with Crippen LogP contribution in [0.1, 0.15) is 24.2 Å². The van der Waals surface area contributed by atoms with Gasteiger partial charge >= 0.3 is 6.03 Å². The molecular formula is C29H34ClN7O4S2. The fraction of sp³-hybridized carbons (Fsp3) is 0.310. The number of carbonyl (C=O) groups is 2. The zero-order chi connectivity index (χ0) is 30.8. The van der Waals surface area contributed by atoms with Crippen LogP contribution < -0.4 is 26.2 Å². The van der Waals surface area contributed by atoms with Crippen LogP contribution in [0, 0.1) is 0 Å². The maximum absolute atomic E-state index is 13.5. The summed E-state index contributed by atoms with van der Waals surface area (Å²) in [6.45, 7) is 8.20. The van der Waals surface area contributed by atoms with E-state index in [9.17, 15) is 14.4 Å². The number of nitrogens with one attached hydrogen (secondary N) is 4. The lowest BCUT2D eigenvalue weighted by Crippen LogP contribution is -2.41. The van der Waals surface area contributed by atoms with Gasteiger partial charge < -0.3 is 20.7 Å². The summed E-state index contributed by atoms with van der Waals surface area (Å²) in [5.41, 5.74) is 1.26. The van der Waals surface area contributed by atoms with Crippen molar-refractivity contribution in [1.82, 2.24) is 24.5 Å². The van der Waals surface area contributed by atoms with Gasteiger partial charge in [0.15, 0.2) is 0 Å². The van der Waals surface area contributed by atoms with E-state index in [0.29, 0.717) is 58.5 Å². The highest BCUT2D eigenvalue weighted by Gasteiger charge is 2.18. The van der Waals surface area contributed by atoms with Gasteiger partial charge in [0.1, 0.15) is 5.82 Å². The molecule has 3 aromatic heterocycles. The maximum atomic E-state index is 13.5. The van der Waals surface area contributed by atoms with E-state index in [-0.39, 0.29) is 11.5 Å². The number of hydrogen-bond acceptors (Lipinski definition) is 9. The lowest BCUT2D eigenvalue weighted by Gasteiger charge is -2.26. The number of fused-ring (bicyclic) bond motifs is 1. The molecule has 0 saturated carbocycles. The lowest BCUT2D eigenvalue weighted by molar-refractivity contribution is 0.0383. The minimum absolute atomic E-state index is 0.287. The van der Waals surface area contributed by atoms with Crippen molar-refractivity contribution in [1.29, 1.82) is 0 Å². The number of morpholine rings is 1. The third kappa shape index (κ3) is 8.48. The summed E-state index contributed by atoms with van der Waals surface area (Å²) in [6, 6.07) is 11.7. The Morgan fingerprint density at radius 3 is 2.51 bits per heavy atom. The number of carbonyl (C=O) groups excluding carboxylic acids is 2. The van der Waals surface area contributed by atoms with Gasteiger partial charge in [-0.15, -0.1) is 11.3 Å². The molecule has 228 valence electrons. The van der Waals surface area contributed by atoms with Crippen molar-refractivity contribution < 1.29 is 14.3 Å². The second-order valence-corrected chi connectivity index (χ2v) is 11.9. The molecule has 0 radical (unpaired) electrons. The number of amides is 3. The molecule has 3 amide bonds. The molecule has 0 aliphatic carbocycles. The van der Waals surface area contributed by atoms with Crippen molar-refractivity contribution in [3.8, 4) is 5.82 Å². The minimum atomic E-state index is -0.437. The molecule has 5 rings (SSSR count). The Kier molecular flexibility index (Phi) is 11.8. The molecule has 11 nitrogen and oxygen atoms in total. The van der Waals surface area contributed by atoms with Gasteiger partial charge in [-0.1, -0.05) is 25.4 Å². The van der Waals surface area contributed by atoms with Crippen molar-refractivity contribution in [3.05, 3.63) is 75.1 Å². The van der Waals surface area contributed by atoms with Gasteiger partial charge in [-0.25, -0.2) is 9.78 Å². The van der Waals surface area contributed by atoms with E-state index in [2.05, 4.69) is 30.6 Å². The standard InChI is InChI=1S/C27H28ClN7O4S2.C2H6/c1-29-17-2-4-19-20(14-17)21(25(36)30-8-9-34-10-12-39-13-11-34)16-35(26(19)37)23-6-3-18(15-31-23)32-27(38)33-41-24-7-5-22(28)40-24;1-2/h2-7,14-16,29H,8-13H2,1H3,(H,30,36)(H2,32,33,38);1-2H3. The predicted octanol–water partition coefficient (Wildman–Crippen LogP) is 5.06. The Balaban J connectivity index is 0.00000207. The van der Waals surface area contributed by atoms with Crippen molar-refractivity contribution >= 4 is 69.0 Å². The predicted molar refractivity (Wildman–Crippen MR) is 175 cm³/mol. The van der Waals surface area contributed by atoms with Crippen LogP contribution in [0.2, 0.25) is 4.34 Å². The molecule has 0 unspecified atom stereocenters. The largest absolute Gasteiger partial charge is 0.388 e. The van der Waals surface area contributed by atoms with Gasteiger partial charge in [0, 0.05) is 55.9 Å². The first-order valence-corrected chi connectivity index (χ1v) is 15.8. The quantitative estimate of drug-likeness (QED) is 0.186. The summed E-state index contributed by atoms with van der Waals surface area (Å²) < 4.78 is 10.9. The zero-order valence-electron chi connectivity index (χ0n) is 24.1. The average molecular weight is 644 g/mol. The number of rotatable bonds is 9. The molecule has 1 fully saturated rings. The first-order valence-electron chi connectivity index (χ1n) is 13.8. The fourth-order valence-corrected chi connectivity index (χ4v) is 6.16. The highest BCUT2D eigenvalue weighted by molar-refractivity contribution is 7.99. The van der Waals surface area contributed by atoms with Gasteiger partial charge in [-0.3, -0.25) is 23.8 Å². The molecule has 4 aromatic rings. The van der Waals surface area contributed by atoms with E-state index in [0.717, 1.165) is 34.9 Å². The van der Waals surface area contributed by atoms with Crippen LogP contribution in [0.15, 0.2) is 63.9 Å². The summed E-state index contributed by atoms with van der Waals surface area (Å²) in [7, 11) is 1.78. The van der Waals surface area contributed by atoms with Gasteiger partial charge in [-0.2, -0.15) is 0 Å². The van der Waals surface area contributed by atoms with Crippen molar-refractivity contribution in [2.45, 2.75) is 18.1 Å². The number of benzene rings is 1. The highest BCUT2D eigenvalue weighted by Crippen LogP contribution is 2.28. The van der Waals surface area contributed by atoms with Gasteiger partial charge in [0.2, 0.25) is 0 Å². The molecule has 1 saturated heterocycles. The average Bonchev–Trinajstić information content (AvgIpc) is 3.47. The highest BCUT2D eigenvalue weighted by atomic mass is 35.5. The van der Waals surface area contributed by atoms with Gasteiger partial charge in [0.25, 0.3) is 11.5 Å². The first kappa shape index (κ1) is 32.3. The molecule has 1 aromatic carbocycles. The first-order chi connectivity index (χ1) is 20.9. The second-order valence-electron chi connectivity index (χ2n) is 9.06. The van der Waals surface area contributed by atoms with Crippen molar-refractivity contribution in [3.63, 3.8) is 0 Å². The number of ether oxygens (including phenoxy) is 1. The monoisotopic (exact) mass is 643 g/mol. The number of nitrogens with zero attached hydrogens (tertiary/aromatic N) is 3. The van der Waals surface area contributed by atoms with Crippen LogP contribution in [0.4, 0.5) is 16.2 Å². The van der Waals surface area contributed by atoms with Crippen molar-refractivity contribution in [2.75, 3.05) is 57.1 Å². The number of urea groups is 1. The van der Waals surface area contributed by atoms with E-state index >= 15 is 0 Å². The minimum Gasteiger partial charge on any atom is -0.388 e. The zero-order valence-corrected chi connectivity index (χ0v) is 26.5. The SMILES string of the molecule is CC.CNc1ccc2c(=O)n(-c3ccc(NC(=O)NSc4ccc(Cl)s4)cn3)cc(C(=O)NCCN3CCOCC3)c2c1. The molecular weight excluding hydrogens is 610 g/mol. The summed E-state index contributed by atoms with van der Waals surface area (Å²) in [5, 5.41) is 9.68. The molecule has 4 N–H and O–H groups in total. The van der Waals surface area contributed by atoms with Crippen molar-refractivity contribution in [2.24, 2.45) is 0 Å². The third-order valence-electron chi connectivity index (χ3n) is 6.41. The Bertz CT molecular complexity index is 1600. The Morgan fingerprint density at radius 2 is 1.84 bits per heavy atom. The van der Waals surface area contributed by atoms with Crippen LogP contribution in [0.3, 0.4) is 0 Å². The second kappa shape index (κ2) is 15.7. The molecule has 0 bridgehead atoms. The number of pyridine rings is 2. The van der Waals surface area contributed by atoms with Gasteiger partial charge in [-0.05, 0) is 54.4 Å². The van der Waals surface area contributed by atoms with E-state index in [1.165, 1.54) is 28.3 Å². The lowest BCUT2D eigenvalue weighted by atomic mass is 10.1. The molecule has 1 aliphatic rings. The Morgan fingerprint density at radius 1 is 1.07 bits per heavy atom. The number of anilines is 2. The smallest absolute Gasteiger partial charge is 0.329 e. The van der Waals surface area contributed by atoms with E-state index in [1.54, 1.807) is 43.4 Å². The maximum Gasteiger partial charge on any atom is 0.329 e. The number of thiophene rings is 1. The molecule has 4 heterocycles. The molecule has 1 aliphatic heterocycles. The van der Waals surface area contributed by atoms with Crippen LogP contribution >= 0.6 is 34.9 Å². The summed E-state index contributed by atoms with van der Waals surface area (Å²) in [5.74, 6) is 0.0234. The van der Waals surface area contributed by atoms with E-state index < -0.39 is 6.03 Å². The molecule has 0 atom stereocenters. The fourth-order valence-electron chi connectivity index (χ4n) is 4.30. The number of halogens is 1. The topological polar surface area (TPSA) is 130 Å². The normalized spacial score (nSPS) is 13.1. The summed E-state index contributed by atoms with van der Waals surface area (Å²) in [4.78, 5) is 45.7. The number of hydrogen-bond donors (Lipinski definition) is 4. The van der Waals surface area contributed by atoms with Crippen LogP contribution in [0.5, 0.6) is 0 Å².